The zero-order valence-electron chi connectivity index (χ0n) is 25.0. The number of halogens is 6. The second kappa shape index (κ2) is 11.3. The fourth-order valence-corrected chi connectivity index (χ4v) is 6.42. The Morgan fingerprint density at radius 3 is 1.10 bits per heavy atom. The van der Waals surface area contributed by atoms with Gasteiger partial charge in [0.15, 0.2) is 0 Å². The highest BCUT2D eigenvalue weighted by Gasteiger charge is 2.36. The quantitative estimate of drug-likeness (QED) is 0.134. The van der Waals surface area contributed by atoms with Gasteiger partial charge >= 0.3 is 12.4 Å². The predicted octanol–water partition coefficient (Wildman–Crippen LogP) is 9.51. The molecular formula is C38H14F6N6. The third kappa shape index (κ3) is 4.95. The van der Waals surface area contributed by atoms with E-state index in [2.05, 4.69) is 9.97 Å². The highest BCUT2D eigenvalue weighted by Crippen LogP contribution is 2.54. The van der Waals surface area contributed by atoms with Gasteiger partial charge in [-0.1, -0.05) is 24.3 Å². The molecule has 50 heavy (non-hydrogen) atoms. The number of hydrogen-bond donors (Lipinski definition) is 0. The van der Waals surface area contributed by atoms with Crippen LogP contribution in [0.25, 0.3) is 55.7 Å². The average molecular weight is 669 g/mol. The Bertz CT molecular complexity index is 2360. The summed E-state index contributed by atoms with van der Waals surface area (Å²) in [4.78, 5) is 6.83. The summed E-state index contributed by atoms with van der Waals surface area (Å²) in [6, 6.07) is 25.4. The van der Waals surface area contributed by atoms with Crippen molar-refractivity contribution in [2.24, 2.45) is 0 Å². The molecule has 2 aliphatic carbocycles. The van der Waals surface area contributed by atoms with Gasteiger partial charge in [0, 0.05) is 23.5 Å². The third-order valence-electron chi connectivity index (χ3n) is 8.57. The Labute approximate surface area is 279 Å². The SMILES string of the molecule is N#CC(C#N)=C1c2cc(-c3ccnc(C(F)(F)F)c3)ccc2-c2cc3c(cc21)-c1ccc(-c2ccnc(C(F)(F)F)c2)cc1C3=C(C#N)C#N. The summed E-state index contributed by atoms with van der Waals surface area (Å²) in [5, 5.41) is 39.9. The fourth-order valence-electron chi connectivity index (χ4n) is 6.42. The van der Waals surface area contributed by atoms with Crippen LogP contribution in [0.4, 0.5) is 26.3 Å². The van der Waals surface area contributed by atoms with Crippen LogP contribution in [-0.2, 0) is 12.4 Å². The summed E-state index contributed by atoms with van der Waals surface area (Å²) >= 11 is 0. The van der Waals surface area contributed by atoms with Gasteiger partial charge in [-0.25, -0.2) is 0 Å². The smallest absolute Gasteiger partial charge is 0.252 e. The molecule has 12 heteroatoms. The molecule has 0 spiro atoms. The molecule has 0 saturated heterocycles. The molecular weight excluding hydrogens is 654 g/mol. The Morgan fingerprint density at radius 2 is 0.760 bits per heavy atom. The topological polar surface area (TPSA) is 121 Å². The summed E-state index contributed by atoms with van der Waals surface area (Å²) < 4.78 is 80.6. The molecule has 7 rings (SSSR count). The van der Waals surface area contributed by atoms with Crippen LogP contribution in [0.5, 0.6) is 0 Å². The van der Waals surface area contributed by atoms with E-state index in [0.717, 1.165) is 24.5 Å². The van der Waals surface area contributed by atoms with E-state index in [1.54, 1.807) is 48.5 Å². The lowest BCUT2D eigenvalue weighted by atomic mass is 9.93. The largest absolute Gasteiger partial charge is 0.433 e. The molecule has 6 nitrogen and oxygen atoms in total. The van der Waals surface area contributed by atoms with Crippen molar-refractivity contribution in [3.05, 3.63) is 130 Å². The lowest BCUT2D eigenvalue weighted by molar-refractivity contribution is -0.141. The van der Waals surface area contributed by atoms with E-state index >= 15 is 0 Å². The normalized spacial score (nSPS) is 12.4. The average Bonchev–Trinajstić information content (AvgIpc) is 3.59. The van der Waals surface area contributed by atoms with Crippen LogP contribution in [0.15, 0.2) is 96.3 Å². The van der Waals surface area contributed by atoms with Gasteiger partial charge in [-0.15, -0.1) is 0 Å². The maximum Gasteiger partial charge on any atom is 0.433 e. The Kier molecular flexibility index (Phi) is 7.14. The van der Waals surface area contributed by atoms with E-state index in [-0.39, 0.29) is 33.4 Å². The van der Waals surface area contributed by atoms with Gasteiger partial charge in [0.2, 0.25) is 0 Å². The van der Waals surface area contributed by atoms with E-state index < -0.39 is 23.7 Å². The van der Waals surface area contributed by atoms with Gasteiger partial charge in [-0.2, -0.15) is 47.4 Å². The number of alkyl halides is 6. The molecule has 238 valence electrons. The molecule has 0 N–H and O–H groups in total. The number of allylic oxidation sites excluding steroid dienone is 2. The van der Waals surface area contributed by atoms with Crippen molar-refractivity contribution >= 4 is 11.1 Å². The van der Waals surface area contributed by atoms with Crippen LogP contribution >= 0.6 is 0 Å². The van der Waals surface area contributed by atoms with E-state index in [9.17, 15) is 47.4 Å². The van der Waals surface area contributed by atoms with Crippen molar-refractivity contribution in [3.63, 3.8) is 0 Å². The number of benzene rings is 3. The fraction of sp³-hybridized carbons (Fsp3) is 0.0526. The molecule has 2 heterocycles. The first kappa shape index (κ1) is 31.6. The minimum absolute atomic E-state index is 0.211. The van der Waals surface area contributed by atoms with Crippen molar-refractivity contribution in [1.29, 1.82) is 21.0 Å². The second-order valence-corrected chi connectivity index (χ2v) is 11.3. The van der Waals surface area contributed by atoms with E-state index in [1.807, 2.05) is 24.3 Å². The molecule has 0 radical (unpaired) electrons. The van der Waals surface area contributed by atoms with Crippen molar-refractivity contribution < 1.29 is 26.3 Å². The standard InChI is InChI=1S/C38H14F6N6/c39-37(40,41)33-11-21(5-7-49-33)19-1-3-25-27-13-32-28(14-31(27)35(29(25)9-19)23(15-45)16-46)26-4-2-20(10-30(26)36(32)24(17-47)18-48)22-6-8-50-34(12-22)38(42,43)44/h1-14H. The zero-order chi connectivity index (χ0) is 35.5. The summed E-state index contributed by atoms with van der Waals surface area (Å²) in [5.41, 5.74) is 2.99. The summed E-state index contributed by atoms with van der Waals surface area (Å²) in [7, 11) is 0. The van der Waals surface area contributed by atoms with Crippen LogP contribution in [0.2, 0.25) is 0 Å². The lowest BCUT2D eigenvalue weighted by Crippen LogP contribution is -2.07. The maximum atomic E-state index is 13.4. The van der Waals surface area contributed by atoms with E-state index in [4.69, 9.17) is 0 Å². The van der Waals surface area contributed by atoms with Crippen molar-refractivity contribution in [1.82, 2.24) is 9.97 Å². The van der Waals surface area contributed by atoms with Gasteiger partial charge in [-0.3, -0.25) is 9.97 Å². The summed E-state index contributed by atoms with van der Waals surface area (Å²) in [6.45, 7) is 0. The van der Waals surface area contributed by atoms with Crippen molar-refractivity contribution in [2.75, 3.05) is 0 Å². The van der Waals surface area contributed by atoms with Gasteiger partial charge in [0.05, 0.1) is 0 Å². The number of aromatic nitrogens is 2. The minimum Gasteiger partial charge on any atom is -0.252 e. The van der Waals surface area contributed by atoms with E-state index in [1.165, 1.54) is 12.1 Å². The molecule has 0 bridgehead atoms. The molecule has 2 aliphatic rings. The van der Waals surface area contributed by atoms with Crippen molar-refractivity contribution in [3.8, 4) is 68.8 Å². The molecule has 3 aromatic carbocycles. The molecule has 5 aromatic rings. The van der Waals surface area contributed by atoms with Crippen LogP contribution < -0.4 is 0 Å². The molecule has 0 saturated carbocycles. The zero-order valence-corrected chi connectivity index (χ0v) is 25.0. The highest BCUT2D eigenvalue weighted by molar-refractivity contribution is 6.11. The number of nitrogens with zero attached hydrogens (tertiary/aromatic N) is 6. The Hall–Kier alpha value is -7.02. The highest BCUT2D eigenvalue weighted by atomic mass is 19.4. The minimum atomic E-state index is -4.68. The first-order valence-corrected chi connectivity index (χ1v) is 14.5. The predicted molar refractivity (Wildman–Crippen MR) is 168 cm³/mol. The number of nitriles is 4. The van der Waals surface area contributed by atoms with Gasteiger partial charge in [-0.05, 0) is 115 Å². The van der Waals surface area contributed by atoms with Gasteiger partial charge < -0.3 is 0 Å². The number of pyridine rings is 2. The number of fused-ring (bicyclic) bond motifs is 6. The first-order chi connectivity index (χ1) is 23.9. The molecule has 0 amide bonds. The van der Waals surface area contributed by atoms with Crippen LogP contribution in [-0.4, -0.2) is 9.97 Å². The third-order valence-corrected chi connectivity index (χ3v) is 8.57. The summed E-state index contributed by atoms with van der Waals surface area (Å²) in [5.74, 6) is 0. The number of rotatable bonds is 2. The van der Waals surface area contributed by atoms with Gasteiger partial charge in [0.25, 0.3) is 0 Å². The Balaban J connectivity index is 1.44. The monoisotopic (exact) mass is 668 g/mol. The second-order valence-electron chi connectivity index (χ2n) is 11.3. The number of hydrogen-bond acceptors (Lipinski definition) is 6. The summed E-state index contributed by atoms with van der Waals surface area (Å²) in [6.07, 6.45) is -7.27. The maximum absolute atomic E-state index is 13.4. The van der Waals surface area contributed by atoms with Crippen molar-refractivity contribution in [2.45, 2.75) is 12.4 Å². The first-order valence-electron chi connectivity index (χ1n) is 14.5. The molecule has 2 aromatic heterocycles. The molecule has 0 aliphatic heterocycles. The van der Waals surface area contributed by atoms with Crippen LogP contribution in [0.3, 0.4) is 0 Å². The molecule has 0 fully saturated rings. The molecule has 0 unspecified atom stereocenters. The van der Waals surface area contributed by atoms with Gasteiger partial charge in [0.1, 0.15) is 46.8 Å². The van der Waals surface area contributed by atoms with E-state index in [0.29, 0.717) is 55.6 Å². The van der Waals surface area contributed by atoms with Crippen LogP contribution in [0, 0.1) is 45.3 Å². The molecule has 0 atom stereocenters. The van der Waals surface area contributed by atoms with Crippen LogP contribution in [0.1, 0.15) is 33.6 Å². The lowest BCUT2D eigenvalue weighted by Gasteiger charge is -2.10. The Morgan fingerprint density at radius 1 is 0.420 bits per heavy atom.